The number of hydrogen-bond donors (Lipinski definition) is 2. The number of aryl methyl sites for hydroxylation is 1. The maximum Gasteiger partial charge on any atom is 0.258 e. The second-order valence-electron chi connectivity index (χ2n) is 8.01. The van der Waals surface area contributed by atoms with Crippen LogP contribution < -0.4 is 5.56 Å². The molecule has 0 amide bonds. The van der Waals surface area contributed by atoms with Gasteiger partial charge in [-0.25, -0.2) is 4.98 Å². The van der Waals surface area contributed by atoms with Gasteiger partial charge in [0.1, 0.15) is 5.82 Å². The molecule has 0 aliphatic carbocycles. The number of thioether (sulfide) groups is 1. The van der Waals surface area contributed by atoms with E-state index in [1.807, 2.05) is 55.3 Å². The fourth-order valence-corrected chi connectivity index (χ4v) is 5.32. The highest BCUT2D eigenvalue weighted by atomic mass is 32.2. The summed E-state index contributed by atoms with van der Waals surface area (Å²) in [5, 5.41) is 2.49. The van der Waals surface area contributed by atoms with E-state index in [0.29, 0.717) is 10.6 Å². The Morgan fingerprint density at radius 2 is 2.07 bits per heavy atom. The molecule has 1 aliphatic rings. The third kappa shape index (κ3) is 3.87. The summed E-state index contributed by atoms with van der Waals surface area (Å²) >= 11 is 1.91. The molecule has 4 aromatic rings. The number of benzene rings is 1. The van der Waals surface area contributed by atoms with E-state index in [2.05, 4.69) is 26.0 Å². The van der Waals surface area contributed by atoms with Crippen molar-refractivity contribution in [3.8, 4) is 0 Å². The van der Waals surface area contributed by atoms with Gasteiger partial charge in [-0.15, -0.1) is 0 Å². The van der Waals surface area contributed by atoms with E-state index in [9.17, 15) is 4.79 Å². The summed E-state index contributed by atoms with van der Waals surface area (Å²) < 4.78 is 0. The zero-order valence-corrected chi connectivity index (χ0v) is 17.8. The molecule has 6 nitrogen and oxygen atoms in total. The van der Waals surface area contributed by atoms with Crippen LogP contribution in [-0.2, 0) is 12.3 Å². The van der Waals surface area contributed by atoms with E-state index >= 15 is 0 Å². The predicted octanol–water partition coefficient (Wildman–Crippen LogP) is 4.01. The second-order valence-corrected chi connectivity index (χ2v) is 9.29. The first kappa shape index (κ1) is 19.3. The number of rotatable bonds is 5. The molecule has 0 radical (unpaired) electrons. The molecule has 0 spiro atoms. The van der Waals surface area contributed by atoms with Crippen LogP contribution in [0.5, 0.6) is 0 Å². The summed E-state index contributed by atoms with van der Waals surface area (Å²) in [5.41, 5.74) is 4.29. The second kappa shape index (κ2) is 8.24. The average molecular weight is 420 g/mol. The lowest BCUT2D eigenvalue weighted by atomic mass is 10.1. The van der Waals surface area contributed by atoms with Crippen LogP contribution in [0.25, 0.3) is 21.8 Å². The number of aromatic amines is 2. The lowest BCUT2D eigenvalue weighted by Gasteiger charge is -2.31. The normalized spacial score (nSPS) is 15.9. The van der Waals surface area contributed by atoms with Gasteiger partial charge in [-0.2, -0.15) is 11.8 Å². The van der Waals surface area contributed by atoms with Crippen molar-refractivity contribution in [1.82, 2.24) is 24.8 Å². The maximum absolute atomic E-state index is 12.4. The van der Waals surface area contributed by atoms with Gasteiger partial charge in [0, 0.05) is 41.3 Å². The summed E-state index contributed by atoms with van der Waals surface area (Å²) in [5.74, 6) is 1.53. The quantitative estimate of drug-likeness (QED) is 0.511. The Morgan fingerprint density at radius 1 is 1.20 bits per heavy atom. The SMILES string of the molecule is Cc1cccc2c(=O)[nH]c(CSC3CCN(Cc4c[nH]c5ccncc45)CC3)nc12. The van der Waals surface area contributed by atoms with E-state index in [1.165, 1.54) is 10.9 Å². The number of aromatic nitrogens is 4. The molecule has 154 valence electrons. The Balaban J connectivity index is 1.18. The third-order valence-corrected chi connectivity index (χ3v) is 7.32. The van der Waals surface area contributed by atoms with Crippen LogP contribution in [0.3, 0.4) is 0 Å². The molecular formula is C23H25N5OS. The molecule has 3 aromatic heterocycles. The minimum Gasteiger partial charge on any atom is -0.361 e. The minimum atomic E-state index is -0.0395. The maximum atomic E-state index is 12.4. The molecule has 1 saturated heterocycles. The third-order valence-electron chi connectivity index (χ3n) is 5.94. The van der Waals surface area contributed by atoms with Crippen molar-refractivity contribution < 1.29 is 0 Å². The van der Waals surface area contributed by atoms with Gasteiger partial charge >= 0.3 is 0 Å². The molecule has 1 aliphatic heterocycles. The number of piperidine rings is 1. The van der Waals surface area contributed by atoms with Gasteiger partial charge < -0.3 is 9.97 Å². The lowest BCUT2D eigenvalue weighted by molar-refractivity contribution is 0.225. The molecule has 0 bridgehead atoms. The highest BCUT2D eigenvalue weighted by molar-refractivity contribution is 7.99. The van der Waals surface area contributed by atoms with E-state index in [-0.39, 0.29) is 5.56 Å². The highest BCUT2D eigenvalue weighted by Crippen LogP contribution is 2.27. The number of H-pyrrole nitrogens is 2. The highest BCUT2D eigenvalue weighted by Gasteiger charge is 2.21. The van der Waals surface area contributed by atoms with Gasteiger partial charge in [-0.05, 0) is 56.1 Å². The van der Waals surface area contributed by atoms with Gasteiger partial charge in [-0.1, -0.05) is 12.1 Å². The molecule has 0 saturated carbocycles. The summed E-state index contributed by atoms with van der Waals surface area (Å²) in [7, 11) is 0. The zero-order chi connectivity index (χ0) is 20.5. The summed E-state index contributed by atoms with van der Waals surface area (Å²) in [6, 6.07) is 7.77. The first-order chi connectivity index (χ1) is 14.7. The molecule has 1 fully saturated rings. The largest absolute Gasteiger partial charge is 0.361 e. The van der Waals surface area contributed by atoms with E-state index in [0.717, 1.165) is 60.7 Å². The van der Waals surface area contributed by atoms with Crippen molar-refractivity contribution in [2.24, 2.45) is 0 Å². The van der Waals surface area contributed by atoms with Crippen LogP contribution in [0, 0.1) is 6.92 Å². The molecule has 7 heteroatoms. The number of nitrogens with one attached hydrogen (secondary N) is 2. The fourth-order valence-electron chi connectivity index (χ4n) is 4.24. The molecule has 4 heterocycles. The van der Waals surface area contributed by atoms with Crippen molar-refractivity contribution >= 4 is 33.6 Å². The molecule has 1 aromatic carbocycles. The topological polar surface area (TPSA) is 77.7 Å². The smallest absolute Gasteiger partial charge is 0.258 e. The molecular weight excluding hydrogens is 394 g/mol. The van der Waals surface area contributed by atoms with Gasteiger partial charge in [0.2, 0.25) is 0 Å². The van der Waals surface area contributed by atoms with E-state index < -0.39 is 0 Å². The van der Waals surface area contributed by atoms with Gasteiger partial charge in [0.15, 0.2) is 0 Å². The summed E-state index contributed by atoms with van der Waals surface area (Å²) in [6.45, 7) is 5.14. The van der Waals surface area contributed by atoms with Crippen molar-refractivity contribution in [1.29, 1.82) is 0 Å². The van der Waals surface area contributed by atoms with Crippen molar-refractivity contribution in [2.45, 2.75) is 37.3 Å². The van der Waals surface area contributed by atoms with Crippen LogP contribution in [-0.4, -0.2) is 43.2 Å². The Bertz CT molecular complexity index is 1240. The Kier molecular flexibility index (Phi) is 5.31. The first-order valence-electron chi connectivity index (χ1n) is 10.4. The van der Waals surface area contributed by atoms with Gasteiger partial charge in [0.25, 0.3) is 5.56 Å². The Labute approximate surface area is 179 Å². The van der Waals surface area contributed by atoms with Crippen LogP contribution in [0.15, 0.2) is 47.7 Å². The van der Waals surface area contributed by atoms with Crippen LogP contribution >= 0.6 is 11.8 Å². The number of nitrogens with zero attached hydrogens (tertiary/aromatic N) is 3. The number of hydrogen-bond acceptors (Lipinski definition) is 5. The molecule has 0 unspecified atom stereocenters. The minimum absolute atomic E-state index is 0.0395. The molecule has 30 heavy (non-hydrogen) atoms. The fraction of sp³-hybridized carbons (Fsp3) is 0.348. The summed E-state index contributed by atoms with van der Waals surface area (Å²) in [4.78, 5) is 30.2. The van der Waals surface area contributed by atoms with Gasteiger partial charge in [-0.3, -0.25) is 14.7 Å². The number of fused-ring (bicyclic) bond motifs is 2. The van der Waals surface area contributed by atoms with Crippen molar-refractivity contribution in [2.75, 3.05) is 13.1 Å². The number of para-hydroxylation sites is 1. The van der Waals surface area contributed by atoms with Crippen molar-refractivity contribution in [3.63, 3.8) is 0 Å². The Hall–Kier alpha value is -2.64. The molecule has 0 atom stereocenters. The summed E-state index contributed by atoms with van der Waals surface area (Å²) in [6.07, 6.45) is 8.19. The first-order valence-corrected chi connectivity index (χ1v) is 11.4. The predicted molar refractivity (Wildman–Crippen MR) is 123 cm³/mol. The lowest BCUT2D eigenvalue weighted by Crippen LogP contribution is -2.34. The van der Waals surface area contributed by atoms with E-state index in [1.54, 1.807) is 0 Å². The van der Waals surface area contributed by atoms with Crippen molar-refractivity contribution in [3.05, 3.63) is 70.2 Å². The van der Waals surface area contributed by atoms with Gasteiger partial charge in [0.05, 0.1) is 16.7 Å². The number of pyridine rings is 1. The van der Waals surface area contributed by atoms with Crippen LogP contribution in [0.1, 0.15) is 29.8 Å². The van der Waals surface area contributed by atoms with E-state index in [4.69, 9.17) is 4.98 Å². The molecule has 5 rings (SSSR count). The van der Waals surface area contributed by atoms with Crippen LogP contribution in [0.4, 0.5) is 0 Å². The standard InChI is InChI=1S/C23H25N5OS/c1-15-3-2-4-18-22(15)26-21(27-23(18)29)14-30-17-6-9-28(10-7-17)13-16-11-25-20-5-8-24-12-19(16)20/h2-5,8,11-12,17,25H,6-7,9-10,13-14H2,1H3,(H,26,27,29). The zero-order valence-electron chi connectivity index (χ0n) is 17.0. The number of likely N-dealkylation sites (tertiary alicyclic amines) is 1. The Morgan fingerprint density at radius 3 is 2.93 bits per heavy atom. The van der Waals surface area contributed by atoms with Crippen LogP contribution in [0.2, 0.25) is 0 Å². The molecule has 2 N–H and O–H groups in total. The monoisotopic (exact) mass is 419 g/mol. The average Bonchev–Trinajstić information content (AvgIpc) is 3.17.